The van der Waals surface area contributed by atoms with E-state index < -0.39 is 0 Å². The Kier molecular flexibility index (Phi) is 5.84. The second-order valence-electron chi connectivity index (χ2n) is 3.10. The third-order valence-electron chi connectivity index (χ3n) is 1.85. The first-order valence-electron chi connectivity index (χ1n) is 4.10. The highest BCUT2D eigenvalue weighted by molar-refractivity contribution is 5.46. The van der Waals surface area contributed by atoms with Crippen molar-refractivity contribution < 1.29 is 4.79 Å². The maximum atomic E-state index is 9.99. The number of nitrogens with two attached hydrogens (primary N) is 1. The summed E-state index contributed by atoms with van der Waals surface area (Å²) in [5, 5.41) is 2.70. The zero-order chi connectivity index (χ0) is 8.69. The van der Waals surface area contributed by atoms with E-state index in [4.69, 9.17) is 5.73 Å². The van der Waals surface area contributed by atoms with Crippen LogP contribution in [0.1, 0.15) is 26.7 Å². The highest BCUT2D eigenvalue weighted by Gasteiger charge is 2.03. The smallest absolute Gasteiger partial charge is 0.207 e. The lowest BCUT2D eigenvalue weighted by Crippen LogP contribution is -2.25. The fourth-order valence-corrected chi connectivity index (χ4v) is 0.852. The van der Waals surface area contributed by atoms with Crippen LogP contribution in [-0.2, 0) is 4.79 Å². The molecule has 0 saturated heterocycles. The molecule has 0 radical (unpaired) electrons. The molecule has 0 heterocycles. The molecule has 0 saturated carbocycles. The molecule has 3 N–H and O–H groups in total. The summed E-state index contributed by atoms with van der Waals surface area (Å²) >= 11 is 0. The summed E-state index contributed by atoms with van der Waals surface area (Å²) in [6.07, 6.45) is 2.84. The van der Waals surface area contributed by atoms with Crippen molar-refractivity contribution in [3.8, 4) is 0 Å². The molecule has 0 aromatic rings. The molecule has 0 rings (SSSR count). The monoisotopic (exact) mass is 158 g/mol. The molecule has 3 nitrogen and oxygen atoms in total. The van der Waals surface area contributed by atoms with Crippen LogP contribution in [0.2, 0.25) is 0 Å². The Morgan fingerprint density at radius 1 is 1.45 bits per heavy atom. The zero-order valence-electron chi connectivity index (χ0n) is 7.34. The summed E-state index contributed by atoms with van der Waals surface area (Å²) in [5.41, 5.74) is 5.44. The fourth-order valence-electron chi connectivity index (χ4n) is 0.852. The molecular weight excluding hydrogens is 140 g/mol. The van der Waals surface area contributed by atoms with Crippen molar-refractivity contribution in [3.63, 3.8) is 0 Å². The van der Waals surface area contributed by atoms with Crippen LogP contribution < -0.4 is 11.1 Å². The molecule has 0 spiro atoms. The van der Waals surface area contributed by atoms with Gasteiger partial charge in [-0.3, -0.25) is 4.79 Å². The minimum atomic E-state index is 0.279. The van der Waals surface area contributed by atoms with E-state index in [1.807, 2.05) is 6.92 Å². The van der Waals surface area contributed by atoms with Crippen molar-refractivity contribution >= 4 is 6.41 Å². The number of hydrogen-bond acceptors (Lipinski definition) is 2. The quantitative estimate of drug-likeness (QED) is 0.553. The van der Waals surface area contributed by atoms with Gasteiger partial charge in [-0.1, -0.05) is 6.92 Å². The predicted molar refractivity (Wildman–Crippen MR) is 46.1 cm³/mol. The average molecular weight is 158 g/mol. The fraction of sp³-hybridized carbons (Fsp3) is 0.875. The van der Waals surface area contributed by atoms with Crippen molar-refractivity contribution in [2.24, 2.45) is 11.7 Å². The van der Waals surface area contributed by atoms with Crippen LogP contribution in [-0.4, -0.2) is 19.0 Å². The van der Waals surface area contributed by atoms with Crippen molar-refractivity contribution in [1.29, 1.82) is 0 Å². The summed E-state index contributed by atoms with van der Waals surface area (Å²) < 4.78 is 0. The minimum Gasteiger partial charge on any atom is -0.356 e. The van der Waals surface area contributed by atoms with Gasteiger partial charge in [0.05, 0.1) is 0 Å². The lowest BCUT2D eigenvalue weighted by Gasteiger charge is -2.12. The standard InChI is InChI=1S/C8H18N2O/c1-7(5-9)3-4-8(2)10-6-11/h6-8H,3-5,9H2,1-2H3,(H,10,11). The lowest BCUT2D eigenvalue weighted by atomic mass is 10.0. The van der Waals surface area contributed by atoms with Gasteiger partial charge in [0.25, 0.3) is 0 Å². The van der Waals surface area contributed by atoms with Crippen LogP contribution in [0.3, 0.4) is 0 Å². The molecule has 2 unspecified atom stereocenters. The molecule has 2 atom stereocenters. The van der Waals surface area contributed by atoms with Gasteiger partial charge in [0.1, 0.15) is 0 Å². The Morgan fingerprint density at radius 3 is 2.55 bits per heavy atom. The first kappa shape index (κ1) is 10.4. The Bertz CT molecular complexity index is 106. The van der Waals surface area contributed by atoms with Gasteiger partial charge >= 0.3 is 0 Å². The van der Waals surface area contributed by atoms with E-state index in [-0.39, 0.29) is 6.04 Å². The van der Waals surface area contributed by atoms with Gasteiger partial charge < -0.3 is 11.1 Å². The molecule has 0 aliphatic heterocycles. The number of rotatable bonds is 6. The Balaban J connectivity index is 3.29. The molecule has 0 aliphatic rings. The van der Waals surface area contributed by atoms with Crippen molar-refractivity contribution in [3.05, 3.63) is 0 Å². The summed E-state index contributed by atoms with van der Waals surface area (Å²) in [5.74, 6) is 0.561. The molecule has 0 bridgehead atoms. The topological polar surface area (TPSA) is 55.1 Å². The third-order valence-corrected chi connectivity index (χ3v) is 1.85. The maximum Gasteiger partial charge on any atom is 0.207 e. The number of amides is 1. The van der Waals surface area contributed by atoms with Crippen LogP contribution in [0.15, 0.2) is 0 Å². The van der Waals surface area contributed by atoms with Gasteiger partial charge in [-0.2, -0.15) is 0 Å². The largest absolute Gasteiger partial charge is 0.356 e. The van der Waals surface area contributed by atoms with Crippen molar-refractivity contribution in [1.82, 2.24) is 5.32 Å². The van der Waals surface area contributed by atoms with Gasteiger partial charge in [-0.15, -0.1) is 0 Å². The van der Waals surface area contributed by atoms with E-state index >= 15 is 0 Å². The van der Waals surface area contributed by atoms with Gasteiger partial charge in [-0.25, -0.2) is 0 Å². The van der Waals surface area contributed by atoms with Crippen LogP contribution in [0.4, 0.5) is 0 Å². The molecule has 0 aliphatic carbocycles. The van der Waals surface area contributed by atoms with Gasteiger partial charge in [0.15, 0.2) is 0 Å². The second-order valence-corrected chi connectivity index (χ2v) is 3.10. The van der Waals surface area contributed by atoms with Crippen LogP contribution in [0, 0.1) is 5.92 Å². The van der Waals surface area contributed by atoms with Gasteiger partial charge in [-0.05, 0) is 32.2 Å². The van der Waals surface area contributed by atoms with Crippen LogP contribution in [0.25, 0.3) is 0 Å². The number of hydrogen-bond donors (Lipinski definition) is 2. The van der Waals surface area contributed by atoms with Gasteiger partial charge in [0, 0.05) is 6.04 Å². The van der Waals surface area contributed by atoms with E-state index in [9.17, 15) is 4.79 Å². The van der Waals surface area contributed by atoms with E-state index in [2.05, 4.69) is 12.2 Å². The zero-order valence-corrected chi connectivity index (χ0v) is 7.34. The molecule has 11 heavy (non-hydrogen) atoms. The second kappa shape index (κ2) is 6.16. The third kappa shape index (κ3) is 5.85. The van der Waals surface area contributed by atoms with E-state index in [1.165, 1.54) is 0 Å². The first-order chi connectivity index (χ1) is 5.20. The highest BCUT2D eigenvalue weighted by Crippen LogP contribution is 2.05. The summed E-state index contributed by atoms with van der Waals surface area (Å²) in [7, 11) is 0. The maximum absolute atomic E-state index is 9.99. The molecule has 1 amide bonds. The summed E-state index contributed by atoms with van der Waals surface area (Å²) in [6.45, 7) is 4.85. The number of nitrogens with one attached hydrogen (secondary N) is 1. The highest BCUT2D eigenvalue weighted by atomic mass is 16.1. The number of carbonyl (C=O) groups excluding carboxylic acids is 1. The lowest BCUT2D eigenvalue weighted by molar-refractivity contribution is -0.110. The summed E-state index contributed by atoms with van der Waals surface area (Å²) in [4.78, 5) is 9.99. The molecule has 0 aromatic carbocycles. The molecule has 0 fully saturated rings. The first-order valence-corrected chi connectivity index (χ1v) is 4.10. The molecular formula is C8H18N2O. The van der Waals surface area contributed by atoms with Gasteiger partial charge in [0.2, 0.25) is 6.41 Å². The molecule has 66 valence electrons. The Hall–Kier alpha value is -0.570. The van der Waals surface area contributed by atoms with Crippen molar-refractivity contribution in [2.45, 2.75) is 32.7 Å². The predicted octanol–water partition coefficient (Wildman–Crippen LogP) is 0.496. The number of carbonyl (C=O) groups is 1. The summed E-state index contributed by atoms with van der Waals surface area (Å²) in [6, 6.07) is 0.279. The molecule has 0 aromatic heterocycles. The average Bonchev–Trinajstić information content (AvgIpc) is 2.01. The minimum absolute atomic E-state index is 0.279. The Labute approximate surface area is 68.3 Å². The van der Waals surface area contributed by atoms with Crippen molar-refractivity contribution in [2.75, 3.05) is 6.54 Å². The SMILES string of the molecule is CC(CN)CCC(C)NC=O. The molecule has 3 heteroatoms. The van der Waals surface area contributed by atoms with Crippen LogP contribution >= 0.6 is 0 Å². The van der Waals surface area contributed by atoms with Crippen LogP contribution in [0.5, 0.6) is 0 Å². The normalized spacial score (nSPS) is 15.5. The van der Waals surface area contributed by atoms with E-state index in [1.54, 1.807) is 0 Å². The van der Waals surface area contributed by atoms with E-state index in [0.29, 0.717) is 5.92 Å². The Morgan fingerprint density at radius 2 is 2.09 bits per heavy atom. The van der Waals surface area contributed by atoms with E-state index in [0.717, 1.165) is 25.8 Å².